The molecule has 2 rings (SSSR count). The van der Waals surface area contributed by atoms with Gasteiger partial charge in [-0.05, 0) is 38.9 Å². The van der Waals surface area contributed by atoms with Crippen LogP contribution >= 0.6 is 0 Å². The first-order valence-corrected chi connectivity index (χ1v) is 7.04. The Morgan fingerprint density at radius 3 is 2.75 bits per heavy atom. The lowest BCUT2D eigenvalue weighted by molar-refractivity contribution is 0.407. The summed E-state index contributed by atoms with van der Waals surface area (Å²) in [4.78, 5) is 0. The predicted octanol–water partition coefficient (Wildman–Crippen LogP) is 2.69. The fourth-order valence-electron chi connectivity index (χ4n) is 2.33. The van der Waals surface area contributed by atoms with Crippen LogP contribution in [0.5, 0.6) is 5.75 Å². The summed E-state index contributed by atoms with van der Waals surface area (Å²) in [5.74, 6) is 0.943. The minimum atomic E-state index is 0.834. The highest BCUT2D eigenvalue weighted by Gasteiger charge is 2.02. The SMILES string of the molecule is COc1ccccc1CNCCCn1nc(C)cc1C. The molecule has 1 aromatic heterocycles. The molecule has 0 saturated heterocycles. The van der Waals surface area contributed by atoms with Crippen molar-refractivity contribution >= 4 is 0 Å². The van der Waals surface area contributed by atoms with Crippen molar-refractivity contribution in [1.29, 1.82) is 0 Å². The predicted molar refractivity (Wildman–Crippen MR) is 81.0 cm³/mol. The van der Waals surface area contributed by atoms with Crippen molar-refractivity contribution in [2.24, 2.45) is 0 Å². The zero-order valence-corrected chi connectivity index (χ0v) is 12.5. The third-order valence-corrected chi connectivity index (χ3v) is 3.33. The number of para-hydroxylation sites is 1. The fraction of sp³-hybridized carbons (Fsp3) is 0.438. The smallest absolute Gasteiger partial charge is 0.123 e. The topological polar surface area (TPSA) is 39.1 Å². The standard InChI is InChI=1S/C16H23N3O/c1-13-11-14(2)19(18-13)10-6-9-17-12-15-7-4-5-8-16(15)20-3/h4-5,7-8,11,17H,6,9-10,12H2,1-3H3. The van der Waals surface area contributed by atoms with Gasteiger partial charge in [0.2, 0.25) is 0 Å². The molecule has 20 heavy (non-hydrogen) atoms. The molecule has 0 fully saturated rings. The molecule has 2 aromatic rings. The van der Waals surface area contributed by atoms with E-state index in [-0.39, 0.29) is 0 Å². The minimum Gasteiger partial charge on any atom is -0.496 e. The highest BCUT2D eigenvalue weighted by Crippen LogP contribution is 2.16. The van der Waals surface area contributed by atoms with Crippen molar-refractivity contribution in [3.05, 3.63) is 47.3 Å². The van der Waals surface area contributed by atoms with Gasteiger partial charge in [-0.25, -0.2) is 0 Å². The number of hydrogen-bond acceptors (Lipinski definition) is 3. The first-order valence-electron chi connectivity index (χ1n) is 7.04. The maximum absolute atomic E-state index is 5.34. The van der Waals surface area contributed by atoms with Gasteiger partial charge in [0, 0.05) is 24.3 Å². The summed E-state index contributed by atoms with van der Waals surface area (Å²) in [5, 5.41) is 7.91. The number of aryl methyl sites for hydroxylation is 3. The van der Waals surface area contributed by atoms with Gasteiger partial charge in [0.1, 0.15) is 5.75 Å². The lowest BCUT2D eigenvalue weighted by Gasteiger charge is -2.09. The second-order valence-corrected chi connectivity index (χ2v) is 4.99. The van der Waals surface area contributed by atoms with E-state index >= 15 is 0 Å². The quantitative estimate of drug-likeness (QED) is 0.788. The van der Waals surface area contributed by atoms with E-state index in [1.54, 1.807) is 7.11 Å². The summed E-state index contributed by atoms with van der Waals surface area (Å²) in [7, 11) is 1.71. The molecule has 0 atom stereocenters. The summed E-state index contributed by atoms with van der Waals surface area (Å²) in [5.41, 5.74) is 3.51. The molecule has 0 aliphatic rings. The normalized spacial score (nSPS) is 10.8. The van der Waals surface area contributed by atoms with Crippen LogP contribution in [-0.4, -0.2) is 23.4 Å². The number of aromatic nitrogens is 2. The summed E-state index contributed by atoms with van der Waals surface area (Å²) in [6.07, 6.45) is 1.07. The van der Waals surface area contributed by atoms with Gasteiger partial charge in [-0.1, -0.05) is 18.2 Å². The van der Waals surface area contributed by atoms with E-state index < -0.39 is 0 Å². The van der Waals surface area contributed by atoms with Crippen molar-refractivity contribution in [2.45, 2.75) is 33.4 Å². The Kier molecular flexibility index (Phi) is 5.18. The van der Waals surface area contributed by atoms with Crippen LogP contribution in [0.4, 0.5) is 0 Å². The first-order chi connectivity index (χ1) is 9.70. The van der Waals surface area contributed by atoms with Crippen LogP contribution in [0.15, 0.2) is 30.3 Å². The Morgan fingerprint density at radius 2 is 2.05 bits per heavy atom. The van der Waals surface area contributed by atoms with Crippen molar-refractivity contribution in [3.8, 4) is 5.75 Å². The molecule has 0 aliphatic carbocycles. The lowest BCUT2D eigenvalue weighted by Crippen LogP contribution is -2.17. The van der Waals surface area contributed by atoms with E-state index in [1.807, 2.05) is 25.1 Å². The Labute approximate surface area is 120 Å². The first kappa shape index (κ1) is 14.6. The molecular formula is C16H23N3O. The number of nitrogens with one attached hydrogen (secondary N) is 1. The van der Waals surface area contributed by atoms with Crippen molar-refractivity contribution in [3.63, 3.8) is 0 Å². The van der Waals surface area contributed by atoms with Gasteiger partial charge in [-0.15, -0.1) is 0 Å². The van der Waals surface area contributed by atoms with Crippen molar-refractivity contribution in [1.82, 2.24) is 15.1 Å². The Bertz CT molecular complexity index is 548. The van der Waals surface area contributed by atoms with Gasteiger partial charge in [-0.3, -0.25) is 4.68 Å². The molecule has 0 bridgehead atoms. The number of benzene rings is 1. The monoisotopic (exact) mass is 273 g/mol. The Morgan fingerprint density at radius 1 is 1.25 bits per heavy atom. The third kappa shape index (κ3) is 3.84. The van der Waals surface area contributed by atoms with Crippen LogP contribution < -0.4 is 10.1 Å². The maximum Gasteiger partial charge on any atom is 0.123 e. The lowest BCUT2D eigenvalue weighted by atomic mass is 10.2. The minimum absolute atomic E-state index is 0.834. The molecule has 0 aliphatic heterocycles. The molecule has 0 amide bonds. The average Bonchev–Trinajstić information content (AvgIpc) is 2.77. The number of nitrogens with zero attached hydrogens (tertiary/aromatic N) is 2. The molecule has 0 radical (unpaired) electrons. The number of rotatable bonds is 7. The maximum atomic E-state index is 5.34. The largest absolute Gasteiger partial charge is 0.496 e. The Hall–Kier alpha value is -1.81. The summed E-state index contributed by atoms with van der Waals surface area (Å²) in [6, 6.07) is 10.2. The molecule has 0 spiro atoms. The zero-order valence-electron chi connectivity index (χ0n) is 12.5. The van der Waals surface area contributed by atoms with Crippen LogP contribution in [0.25, 0.3) is 0 Å². The van der Waals surface area contributed by atoms with Crippen molar-refractivity contribution in [2.75, 3.05) is 13.7 Å². The van der Waals surface area contributed by atoms with Crippen molar-refractivity contribution < 1.29 is 4.74 Å². The van der Waals surface area contributed by atoms with Gasteiger partial charge in [0.15, 0.2) is 0 Å². The van der Waals surface area contributed by atoms with E-state index in [2.05, 4.69) is 34.2 Å². The molecule has 0 unspecified atom stereocenters. The van der Waals surface area contributed by atoms with Crippen LogP contribution in [0, 0.1) is 13.8 Å². The van der Waals surface area contributed by atoms with E-state index in [4.69, 9.17) is 4.74 Å². The molecular weight excluding hydrogens is 250 g/mol. The molecule has 4 heteroatoms. The number of hydrogen-bond donors (Lipinski definition) is 1. The molecule has 0 saturated carbocycles. The summed E-state index contributed by atoms with van der Waals surface area (Å²) in [6.45, 7) is 6.89. The average molecular weight is 273 g/mol. The molecule has 4 nitrogen and oxygen atoms in total. The van der Waals surface area contributed by atoms with Crippen LogP contribution in [0.3, 0.4) is 0 Å². The third-order valence-electron chi connectivity index (χ3n) is 3.33. The highest BCUT2D eigenvalue weighted by atomic mass is 16.5. The van der Waals surface area contributed by atoms with Gasteiger partial charge in [-0.2, -0.15) is 5.10 Å². The Balaban J connectivity index is 1.73. The van der Waals surface area contributed by atoms with Crippen LogP contribution in [0.2, 0.25) is 0 Å². The molecule has 1 N–H and O–H groups in total. The second kappa shape index (κ2) is 7.10. The highest BCUT2D eigenvalue weighted by molar-refractivity contribution is 5.32. The molecule has 1 aromatic carbocycles. The van der Waals surface area contributed by atoms with Gasteiger partial charge < -0.3 is 10.1 Å². The number of ether oxygens (including phenoxy) is 1. The van der Waals surface area contributed by atoms with Gasteiger partial charge in [0.25, 0.3) is 0 Å². The molecule has 1 heterocycles. The van der Waals surface area contributed by atoms with Crippen LogP contribution in [0.1, 0.15) is 23.4 Å². The van der Waals surface area contributed by atoms with E-state index in [0.717, 1.165) is 37.5 Å². The van der Waals surface area contributed by atoms with Gasteiger partial charge >= 0.3 is 0 Å². The zero-order chi connectivity index (χ0) is 14.4. The van der Waals surface area contributed by atoms with Crippen LogP contribution in [-0.2, 0) is 13.1 Å². The van der Waals surface area contributed by atoms with E-state index in [0.29, 0.717) is 0 Å². The summed E-state index contributed by atoms with van der Waals surface area (Å²) >= 11 is 0. The molecule has 108 valence electrons. The van der Waals surface area contributed by atoms with E-state index in [1.165, 1.54) is 11.3 Å². The van der Waals surface area contributed by atoms with Gasteiger partial charge in [0.05, 0.1) is 12.8 Å². The number of methoxy groups -OCH3 is 1. The fourth-order valence-corrected chi connectivity index (χ4v) is 2.33. The van der Waals surface area contributed by atoms with E-state index in [9.17, 15) is 0 Å². The summed E-state index contributed by atoms with van der Waals surface area (Å²) < 4.78 is 7.41. The second-order valence-electron chi connectivity index (χ2n) is 4.99.